The van der Waals surface area contributed by atoms with Gasteiger partial charge in [-0.05, 0) is 18.2 Å². The van der Waals surface area contributed by atoms with Gasteiger partial charge in [0.15, 0.2) is 0 Å². The van der Waals surface area contributed by atoms with Crippen LogP contribution in [0.25, 0.3) is 11.3 Å². The summed E-state index contributed by atoms with van der Waals surface area (Å²) in [5.74, 6) is 0.232. The Kier molecular flexibility index (Phi) is 5.95. The number of hydrogen-bond acceptors (Lipinski definition) is 6. The molecule has 0 atom stereocenters. The highest BCUT2D eigenvalue weighted by molar-refractivity contribution is 5.75. The Bertz CT molecular complexity index is 1090. The van der Waals surface area contributed by atoms with Crippen molar-refractivity contribution in [3.05, 3.63) is 75.7 Å². The monoisotopic (exact) mass is 381 g/mol. The van der Waals surface area contributed by atoms with Crippen LogP contribution < -0.4 is 21.2 Å². The molecule has 0 unspecified atom stereocenters. The number of ether oxygens (including phenoxy) is 1. The first-order chi connectivity index (χ1) is 13.6. The van der Waals surface area contributed by atoms with Gasteiger partial charge < -0.3 is 10.1 Å². The summed E-state index contributed by atoms with van der Waals surface area (Å²) in [5.41, 5.74) is 0.644. The molecule has 0 aliphatic carbocycles. The fraction of sp³-hybridized carbons (Fsp3) is 0.211. The maximum absolute atomic E-state index is 12.2. The Morgan fingerprint density at radius 3 is 2.71 bits per heavy atom. The number of carbonyl (C=O) groups excluding carboxylic acids is 1. The van der Waals surface area contributed by atoms with Crippen LogP contribution in [-0.2, 0) is 17.9 Å². The van der Waals surface area contributed by atoms with Crippen molar-refractivity contribution >= 4 is 5.91 Å². The molecule has 3 aromatic rings. The molecule has 0 saturated carbocycles. The third kappa shape index (κ3) is 4.50. The van der Waals surface area contributed by atoms with Gasteiger partial charge in [-0.25, -0.2) is 9.67 Å². The lowest BCUT2D eigenvalue weighted by Crippen LogP contribution is -2.36. The lowest BCUT2D eigenvalue weighted by atomic mass is 10.1. The number of rotatable bonds is 7. The van der Waals surface area contributed by atoms with Gasteiger partial charge in [0.05, 0.1) is 19.1 Å². The van der Waals surface area contributed by atoms with E-state index in [1.165, 1.54) is 29.2 Å². The van der Waals surface area contributed by atoms with E-state index < -0.39 is 5.56 Å². The topological polar surface area (TPSA) is 108 Å². The average molecular weight is 381 g/mol. The molecule has 0 saturated heterocycles. The first kappa shape index (κ1) is 19.0. The Morgan fingerprint density at radius 2 is 1.93 bits per heavy atom. The molecule has 0 spiro atoms. The fourth-order valence-corrected chi connectivity index (χ4v) is 2.62. The summed E-state index contributed by atoms with van der Waals surface area (Å²) >= 11 is 0. The highest BCUT2D eigenvalue weighted by Gasteiger charge is 2.10. The Hall–Kier alpha value is -3.75. The molecule has 0 aliphatic rings. The minimum absolute atomic E-state index is 0.202. The largest absolute Gasteiger partial charge is 0.496 e. The number of hydrogen-bond donors (Lipinski definition) is 1. The number of amides is 1. The molecule has 9 heteroatoms. The van der Waals surface area contributed by atoms with Gasteiger partial charge >= 0.3 is 0 Å². The van der Waals surface area contributed by atoms with Crippen molar-refractivity contribution in [3.63, 3.8) is 0 Å². The van der Waals surface area contributed by atoms with Gasteiger partial charge in [0, 0.05) is 37.0 Å². The number of benzene rings is 1. The lowest BCUT2D eigenvalue weighted by molar-refractivity contribution is -0.121. The van der Waals surface area contributed by atoms with Gasteiger partial charge in [-0.15, -0.1) is 0 Å². The van der Waals surface area contributed by atoms with Gasteiger partial charge in [0.2, 0.25) is 5.91 Å². The molecule has 0 bridgehead atoms. The van der Waals surface area contributed by atoms with Gasteiger partial charge in [0.25, 0.3) is 11.1 Å². The van der Waals surface area contributed by atoms with Crippen molar-refractivity contribution in [2.24, 2.45) is 0 Å². The van der Waals surface area contributed by atoms with Crippen LogP contribution in [0.1, 0.15) is 0 Å². The molecule has 144 valence electrons. The Labute approximate surface area is 160 Å². The van der Waals surface area contributed by atoms with E-state index in [2.05, 4.69) is 15.4 Å². The van der Waals surface area contributed by atoms with E-state index >= 15 is 0 Å². The molecule has 0 radical (unpaired) electrons. The third-order valence-electron chi connectivity index (χ3n) is 4.01. The second-order valence-electron chi connectivity index (χ2n) is 5.88. The Morgan fingerprint density at radius 1 is 1.11 bits per heavy atom. The van der Waals surface area contributed by atoms with E-state index in [1.54, 1.807) is 19.2 Å². The van der Waals surface area contributed by atoms with Gasteiger partial charge in [-0.1, -0.05) is 12.1 Å². The van der Waals surface area contributed by atoms with E-state index in [0.29, 0.717) is 11.4 Å². The molecule has 1 amide bonds. The van der Waals surface area contributed by atoms with Crippen LogP contribution in [0.3, 0.4) is 0 Å². The Balaban J connectivity index is 1.68. The van der Waals surface area contributed by atoms with Crippen molar-refractivity contribution in [2.45, 2.75) is 13.1 Å². The number of para-hydroxylation sites is 1. The standard InChI is InChI=1S/C19H19N5O4/c1-28-16-5-3-2-4-14(16)15-6-7-19(27)24(22-15)12-17(25)21-10-11-23-13-20-9-8-18(23)26/h2-9,13H,10-12H2,1H3,(H,21,25). The molecule has 0 fully saturated rings. The molecule has 1 N–H and O–H groups in total. The van der Waals surface area contributed by atoms with Crippen molar-refractivity contribution in [3.8, 4) is 17.0 Å². The quantitative estimate of drug-likeness (QED) is 0.630. The maximum atomic E-state index is 12.2. The molecule has 2 heterocycles. The average Bonchev–Trinajstić information content (AvgIpc) is 2.71. The van der Waals surface area contributed by atoms with Crippen LogP contribution in [0.5, 0.6) is 5.75 Å². The zero-order valence-electron chi connectivity index (χ0n) is 15.2. The van der Waals surface area contributed by atoms with E-state index in [0.717, 1.165) is 10.2 Å². The van der Waals surface area contributed by atoms with E-state index in [-0.39, 0.29) is 31.1 Å². The number of nitrogens with one attached hydrogen (secondary N) is 1. The van der Waals surface area contributed by atoms with Gasteiger partial charge in [0.1, 0.15) is 12.3 Å². The lowest BCUT2D eigenvalue weighted by Gasteiger charge is -2.10. The van der Waals surface area contributed by atoms with E-state index in [1.807, 2.05) is 18.2 Å². The zero-order valence-corrected chi connectivity index (χ0v) is 15.2. The van der Waals surface area contributed by atoms with Crippen molar-refractivity contribution < 1.29 is 9.53 Å². The number of methoxy groups -OCH3 is 1. The number of nitrogens with zero attached hydrogens (tertiary/aromatic N) is 4. The maximum Gasteiger partial charge on any atom is 0.267 e. The molecule has 0 aliphatic heterocycles. The fourth-order valence-electron chi connectivity index (χ4n) is 2.62. The van der Waals surface area contributed by atoms with Crippen LogP contribution >= 0.6 is 0 Å². The van der Waals surface area contributed by atoms with Crippen LogP contribution in [0.15, 0.2) is 64.6 Å². The van der Waals surface area contributed by atoms with Gasteiger partial charge in [-0.2, -0.15) is 5.10 Å². The third-order valence-corrected chi connectivity index (χ3v) is 4.01. The van der Waals surface area contributed by atoms with E-state index in [9.17, 15) is 14.4 Å². The normalized spacial score (nSPS) is 10.5. The summed E-state index contributed by atoms with van der Waals surface area (Å²) < 4.78 is 7.79. The molecule has 1 aromatic carbocycles. The summed E-state index contributed by atoms with van der Waals surface area (Å²) in [4.78, 5) is 39.7. The number of carbonyl (C=O) groups is 1. The summed E-state index contributed by atoms with van der Waals surface area (Å²) in [6, 6.07) is 11.6. The molecular weight excluding hydrogens is 362 g/mol. The van der Waals surface area contributed by atoms with Crippen LogP contribution in [-0.4, -0.2) is 38.9 Å². The highest BCUT2D eigenvalue weighted by atomic mass is 16.5. The molecule has 3 rings (SSSR count). The van der Waals surface area contributed by atoms with Crippen molar-refractivity contribution in [1.82, 2.24) is 24.6 Å². The zero-order chi connectivity index (χ0) is 19.9. The predicted octanol–water partition coefficient (Wildman–Crippen LogP) is 0.292. The SMILES string of the molecule is COc1ccccc1-c1ccc(=O)n(CC(=O)NCCn2cnccc2=O)n1. The molecule has 2 aromatic heterocycles. The van der Waals surface area contributed by atoms with E-state index in [4.69, 9.17) is 4.74 Å². The van der Waals surface area contributed by atoms with Crippen LogP contribution in [0, 0.1) is 0 Å². The predicted molar refractivity (Wildman–Crippen MR) is 102 cm³/mol. The smallest absolute Gasteiger partial charge is 0.267 e. The van der Waals surface area contributed by atoms with Crippen LogP contribution in [0.2, 0.25) is 0 Å². The van der Waals surface area contributed by atoms with Crippen molar-refractivity contribution in [2.75, 3.05) is 13.7 Å². The molecule has 28 heavy (non-hydrogen) atoms. The summed E-state index contributed by atoms with van der Waals surface area (Å²) in [7, 11) is 1.55. The minimum atomic E-state index is -0.391. The minimum Gasteiger partial charge on any atom is -0.496 e. The van der Waals surface area contributed by atoms with Crippen LogP contribution in [0.4, 0.5) is 0 Å². The second kappa shape index (κ2) is 8.76. The highest BCUT2D eigenvalue weighted by Crippen LogP contribution is 2.26. The molecule has 9 nitrogen and oxygen atoms in total. The number of aromatic nitrogens is 4. The first-order valence-electron chi connectivity index (χ1n) is 8.57. The summed E-state index contributed by atoms with van der Waals surface area (Å²) in [5, 5.41) is 6.93. The first-order valence-corrected chi connectivity index (χ1v) is 8.57. The second-order valence-corrected chi connectivity index (χ2v) is 5.88. The van der Waals surface area contributed by atoms with Crippen molar-refractivity contribution in [1.29, 1.82) is 0 Å². The van der Waals surface area contributed by atoms with Gasteiger partial charge in [-0.3, -0.25) is 19.0 Å². The summed E-state index contributed by atoms with van der Waals surface area (Å²) in [6.07, 6.45) is 2.81. The molecular formula is C19H19N5O4. The summed E-state index contributed by atoms with van der Waals surface area (Å²) in [6.45, 7) is 0.275.